The van der Waals surface area contributed by atoms with Gasteiger partial charge in [0.15, 0.2) is 5.82 Å². The molecule has 9 heteroatoms. The molecule has 1 saturated heterocycles. The third kappa shape index (κ3) is 3.92. The van der Waals surface area contributed by atoms with Crippen LogP contribution in [0.3, 0.4) is 0 Å². The van der Waals surface area contributed by atoms with Crippen molar-refractivity contribution in [1.29, 1.82) is 0 Å². The maximum Gasteiger partial charge on any atom is 0.266 e. The Bertz CT molecular complexity index is 974. The van der Waals surface area contributed by atoms with Crippen LogP contribution in [0.25, 0.3) is 5.82 Å². The minimum absolute atomic E-state index is 0.0938. The van der Waals surface area contributed by atoms with Gasteiger partial charge in [-0.3, -0.25) is 4.79 Å². The highest BCUT2D eigenvalue weighted by Gasteiger charge is 2.22. The second kappa shape index (κ2) is 7.87. The molecule has 1 aliphatic rings. The van der Waals surface area contributed by atoms with Gasteiger partial charge in [0.05, 0.1) is 0 Å². The SMILES string of the molecule is CC(C)c1nccc(N2CCC(Cn3nc(-n4cncn4)ccc3=O)CC2)n1. The highest BCUT2D eigenvalue weighted by atomic mass is 16.1. The summed E-state index contributed by atoms with van der Waals surface area (Å²) in [5, 5.41) is 8.52. The minimum Gasteiger partial charge on any atom is -0.356 e. The Morgan fingerprint density at radius 2 is 1.96 bits per heavy atom. The van der Waals surface area contributed by atoms with Crippen molar-refractivity contribution >= 4 is 5.82 Å². The fourth-order valence-electron chi connectivity index (χ4n) is 3.42. The summed E-state index contributed by atoms with van der Waals surface area (Å²) in [6.07, 6.45) is 6.84. The highest BCUT2D eigenvalue weighted by molar-refractivity contribution is 5.38. The Kier molecular flexibility index (Phi) is 5.14. The van der Waals surface area contributed by atoms with Crippen LogP contribution >= 0.6 is 0 Å². The number of rotatable bonds is 5. The van der Waals surface area contributed by atoms with E-state index in [4.69, 9.17) is 4.98 Å². The van der Waals surface area contributed by atoms with Gasteiger partial charge in [0.1, 0.15) is 24.3 Å². The van der Waals surface area contributed by atoms with Crippen molar-refractivity contribution in [2.75, 3.05) is 18.0 Å². The van der Waals surface area contributed by atoms with Gasteiger partial charge in [0, 0.05) is 37.8 Å². The topological polar surface area (TPSA) is 94.6 Å². The van der Waals surface area contributed by atoms with Crippen molar-refractivity contribution in [2.45, 2.75) is 39.2 Å². The lowest BCUT2D eigenvalue weighted by Gasteiger charge is -2.33. The van der Waals surface area contributed by atoms with Crippen LogP contribution in [-0.2, 0) is 6.54 Å². The van der Waals surface area contributed by atoms with E-state index < -0.39 is 0 Å². The molecule has 9 nitrogen and oxygen atoms in total. The van der Waals surface area contributed by atoms with Crippen LogP contribution in [0.1, 0.15) is 38.4 Å². The van der Waals surface area contributed by atoms with Crippen LogP contribution in [0.15, 0.2) is 41.8 Å². The first-order valence-electron chi connectivity index (χ1n) is 9.61. The molecule has 146 valence electrons. The largest absolute Gasteiger partial charge is 0.356 e. The molecule has 3 aromatic heterocycles. The third-order valence-corrected chi connectivity index (χ3v) is 5.05. The zero-order valence-corrected chi connectivity index (χ0v) is 16.1. The fourth-order valence-corrected chi connectivity index (χ4v) is 3.42. The summed E-state index contributed by atoms with van der Waals surface area (Å²) in [6, 6.07) is 5.17. The van der Waals surface area contributed by atoms with E-state index in [1.807, 2.05) is 12.3 Å². The Hall–Kier alpha value is -3.10. The predicted octanol–water partition coefficient (Wildman–Crippen LogP) is 1.65. The van der Waals surface area contributed by atoms with Gasteiger partial charge in [-0.2, -0.15) is 5.10 Å². The molecule has 1 aliphatic heterocycles. The van der Waals surface area contributed by atoms with Gasteiger partial charge >= 0.3 is 0 Å². The maximum absolute atomic E-state index is 12.2. The van der Waals surface area contributed by atoms with E-state index in [1.54, 1.807) is 21.8 Å². The van der Waals surface area contributed by atoms with Gasteiger partial charge in [0.25, 0.3) is 5.56 Å². The summed E-state index contributed by atoms with van der Waals surface area (Å²) < 4.78 is 3.10. The first-order valence-corrected chi connectivity index (χ1v) is 9.61. The standard InChI is InChI=1S/C19H24N8O/c1-14(2)19-21-8-5-16(23-19)25-9-6-15(7-10-25)11-26-18(28)4-3-17(24-26)27-13-20-12-22-27/h3-5,8,12-15H,6-7,9-11H2,1-2H3. The van der Waals surface area contributed by atoms with Crippen LogP contribution < -0.4 is 10.5 Å². The summed E-state index contributed by atoms with van der Waals surface area (Å²) in [6.45, 7) is 6.64. The molecule has 0 atom stereocenters. The Balaban J connectivity index is 1.42. The maximum atomic E-state index is 12.2. The molecular weight excluding hydrogens is 356 g/mol. The van der Waals surface area contributed by atoms with Gasteiger partial charge in [-0.15, -0.1) is 5.10 Å². The smallest absolute Gasteiger partial charge is 0.266 e. The number of hydrogen-bond donors (Lipinski definition) is 0. The lowest BCUT2D eigenvalue weighted by atomic mass is 9.97. The quantitative estimate of drug-likeness (QED) is 0.664. The second-order valence-corrected chi connectivity index (χ2v) is 7.41. The van der Waals surface area contributed by atoms with E-state index in [9.17, 15) is 4.79 Å². The van der Waals surface area contributed by atoms with Crippen LogP contribution in [0.4, 0.5) is 5.82 Å². The summed E-state index contributed by atoms with van der Waals surface area (Å²) >= 11 is 0. The number of anilines is 1. The summed E-state index contributed by atoms with van der Waals surface area (Å²) in [5.74, 6) is 3.17. The lowest BCUT2D eigenvalue weighted by Crippen LogP contribution is -2.37. The van der Waals surface area contributed by atoms with Crippen molar-refractivity contribution in [3.05, 3.63) is 53.2 Å². The summed E-state index contributed by atoms with van der Waals surface area (Å²) in [5.41, 5.74) is -0.0938. The zero-order valence-electron chi connectivity index (χ0n) is 16.1. The van der Waals surface area contributed by atoms with E-state index in [0.29, 0.717) is 24.2 Å². The molecule has 3 aromatic rings. The first kappa shape index (κ1) is 18.3. The molecule has 0 bridgehead atoms. The molecular formula is C19H24N8O. The first-order chi connectivity index (χ1) is 13.6. The van der Waals surface area contributed by atoms with E-state index >= 15 is 0 Å². The molecule has 0 spiro atoms. The molecule has 0 amide bonds. The van der Waals surface area contributed by atoms with Gasteiger partial charge in [-0.05, 0) is 30.9 Å². The highest BCUT2D eigenvalue weighted by Crippen LogP contribution is 2.23. The Morgan fingerprint density at radius 1 is 1.14 bits per heavy atom. The number of nitrogens with zero attached hydrogens (tertiary/aromatic N) is 8. The molecule has 4 rings (SSSR count). The number of hydrogen-bond acceptors (Lipinski definition) is 7. The van der Waals surface area contributed by atoms with E-state index in [1.165, 1.54) is 12.4 Å². The Morgan fingerprint density at radius 3 is 2.68 bits per heavy atom. The predicted molar refractivity (Wildman–Crippen MR) is 104 cm³/mol. The molecule has 1 fully saturated rings. The molecule has 4 heterocycles. The molecule has 0 aromatic carbocycles. The normalized spacial score (nSPS) is 15.3. The van der Waals surface area contributed by atoms with Gasteiger partial charge in [-0.1, -0.05) is 13.8 Å². The summed E-state index contributed by atoms with van der Waals surface area (Å²) in [4.78, 5) is 27.5. The van der Waals surface area contributed by atoms with E-state index in [2.05, 4.69) is 38.9 Å². The van der Waals surface area contributed by atoms with Crippen molar-refractivity contribution < 1.29 is 0 Å². The molecule has 0 saturated carbocycles. The Labute approximate surface area is 163 Å². The van der Waals surface area contributed by atoms with Gasteiger partial charge in [-0.25, -0.2) is 24.3 Å². The van der Waals surface area contributed by atoms with Gasteiger partial charge < -0.3 is 4.90 Å². The van der Waals surface area contributed by atoms with E-state index in [-0.39, 0.29) is 5.56 Å². The lowest BCUT2D eigenvalue weighted by molar-refractivity contribution is 0.333. The van der Waals surface area contributed by atoms with Crippen LogP contribution in [0.2, 0.25) is 0 Å². The van der Waals surface area contributed by atoms with Crippen LogP contribution in [0.5, 0.6) is 0 Å². The average Bonchev–Trinajstić information content (AvgIpc) is 3.25. The van der Waals surface area contributed by atoms with Crippen LogP contribution in [-0.4, -0.2) is 47.6 Å². The molecule has 0 unspecified atom stereocenters. The third-order valence-electron chi connectivity index (χ3n) is 5.05. The van der Waals surface area contributed by atoms with Crippen molar-refractivity contribution in [2.24, 2.45) is 5.92 Å². The average molecular weight is 380 g/mol. The zero-order chi connectivity index (χ0) is 19.5. The van der Waals surface area contributed by atoms with Crippen molar-refractivity contribution in [1.82, 2.24) is 34.5 Å². The molecule has 0 aliphatic carbocycles. The monoisotopic (exact) mass is 380 g/mol. The number of aromatic nitrogens is 7. The van der Waals surface area contributed by atoms with E-state index in [0.717, 1.165) is 37.6 Å². The molecule has 28 heavy (non-hydrogen) atoms. The minimum atomic E-state index is -0.0938. The number of piperidine rings is 1. The molecule has 0 radical (unpaired) electrons. The second-order valence-electron chi connectivity index (χ2n) is 7.41. The van der Waals surface area contributed by atoms with Crippen LogP contribution in [0, 0.1) is 5.92 Å². The van der Waals surface area contributed by atoms with Crippen molar-refractivity contribution in [3.63, 3.8) is 0 Å². The van der Waals surface area contributed by atoms with Crippen molar-refractivity contribution in [3.8, 4) is 5.82 Å². The summed E-state index contributed by atoms with van der Waals surface area (Å²) in [7, 11) is 0. The van der Waals surface area contributed by atoms with Gasteiger partial charge in [0.2, 0.25) is 0 Å². The fraction of sp³-hybridized carbons (Fsp3) is 0.474. The molecule has 0 N–H and O–H groups in total.